The first kappa shape index (κ1) is 10.4. The first-order valence-corrected chi connectivity index (χ1v) is 6.05. The van der Waals surface area contributed by atoms with Gasteiger partial charge in [0.05, 0.1) is 0 Å². The molecule has 0 bridgehead atoms. The zero-order valence-corrected chi connectivity index (χ0v) is 9.90. The van der Waals surface area contributed by atoms with Gasteiger partial charge in [-0.25, -0.2) is 0 Å². The van der Waals surface area contributed by atoms with Gasteiger partial charge in [-0.3, -0.25) is 0 Å². The maximum absolute atomic E-state index is 10.2. The minimum Gasteiger partial charge on any atom is -0.507 e. The van der Waals surface area contributed by atoms with Crippen molar-refractivity contribution in [1.82, 2.24) is 0 Å². The molecule has 0 heterocycles. The number of rotatable bonds is 1. The van der Waals surface area contributed by atoms with Gasteiger partial charge in [-0.15, -0.1) is 0 Å². The summed E-state index contributed by atoms with van der Waals surface area (Å²) in [6.45, 7) is 1.94. The summed E-state index contributed by atoms with van der Waals surface area (Å²) in [5.41, 5.74) is 4.65. The topological polar surface area (TPSA) is 20.2 Å². The van der Waals surface area contributed by atoms with Crippen LogP contribution >= 0.6 is 0 Å². The Balaban J connectivity index is 2.10. The van der Waals surface area contributed by atoms with Crippen LogP contribution in [0.3, 0.4) is 0 Å². The molecule has 1 heteroatoms. The molecule has 85 valence electrons. The van der Waals surface area contributed by atoms with Crippen LogP contribution < -0.4 is 0 Å². The maximum atomic E-state index is 10.2. The summed E-state index contributed by atoms with van der Waals surface area (Å²) in [5.74, 6) is 0.723. The highest BCUT2D eigenvalue weighted by atomic mass is 16.3. The minimum absolute atomic E-state index is 0.311. The molecule has 1 nitrogen and oxygen atoms in total. The molecule has 1 aliphatic carbocycles. The maximum Gasteiger partial charge on any atom is 0.122 e. The van der Waals surface area contributed by atoms with Gasteiger partial charge in [0.2, 0.25) is 0 Å². The van der Waals surface area contributed by atoms with Crippen molar-refractivity contribution in [2.45, 2.75) is 25.7 Å². The van der Waals surface area contributed by atoms with Gasteiger partial charge in [-0.05, 0) is 42.5 Å². The molecule has 1 aliphatic rings. The van der Waals surface area contributed by atoms with Crippen molar-refractivity contribution in [1.29, 1.82) is 0 Å². The molecule has 2 aromatic carbocycles. The molecular formula is C16H15O. The summed E-state index contributed by atoms with van der Waals surface area (Å²) >= 11 is 0. The van der Waals surface area contributed by atoms with Gasteiger partial charge in [0, 0.05) is 11.5 Å². The zero-order chi connectivity index (χ0) is 11.8. The van der Waals surface area contributed by atoms with Crippen molar-refractivity contribution in [2.75, 3.05) is 0 Å². The molecule has 2 aromatic rings. The van der Waals surface area contributed by atoms with Crippen LogP contribution in [0.4, 0.5) is 0 Å². The van der Waals surface area contributed by atoms with E-state index in [1.54, 1.807) is 0 Å². The van der Waals surface area contributed by atoms with E-state index >= 15 is 0 Å². The molecule has 17 heavy (non-hydrogen) atoms. The summed E-state index contributed by atoms with van der Waals surface area (Å²) in [7, 11) is 0. The fraction of sp³-hybridized carbons (Fsp3) is 0.250. The van der Waals surface area contributed by atoms with Gasteiger partial charge in [0.25, 0.3) is 0 Å². The molecule has 0 aliphatic heterocycles. The van der Waals surface area contributed by atoms with Crippen molar-refractivity contribution in [3.63, 3.8) is 0 Å². The summed E-state index contributed by atoms with van der Waals surface area (Å²) in [4.78, 5) is 0. The Morgan fingerprint density at radius 3 is 2.94 bits per heavy atom. The van der Waals surface area contributed by atoms with E-state index in [0.29, 0.717) is 11.7 Å². The third kappa shape index (κ3) is 1.62. The van der Waals surface area contributed by atoms with Gasteiger partial charge < -0.3 is 5.11 Å². The molecule has 0 saturated heterocycles. The van der Waals surface area contributed by atoms with Crippen LogP contribution in [0.2, 0.25) is 0 Å². The van der Waals surface area contributed by atoms with E-state index < -0.39 is 0 Å². The second-order valence-corrected chi connectivity index (χ2v) is 4.71. The minimum atomic E-state index is 0.311. The second kappa shape index (κ2) is 3.92. The van der Waals surface area contributed by atoms with E-state index in [4.69, 9.17) is 0 Å². The highest BCUT2D eigenvalue weighted by Crippen LogP contribution is 2.41. The Labute approximate surface area is 102 Å². The molecule has 3 rings (SSSR count). The molecule has 1 unspecified atom stereocenters. The van der Waals surface area contributed by atoms with Crippen molar-refractivity contribution in [2.24, 2.45) is 0 Å². The number of phenolic OH excluding ortho intramolecular Hbond substituents is 1. The lowest BCUT2D eigenvalue weighted by molar-refractivity contribution is 0.460. The molecule has 1 N–H and O–H groups in total. The standard InChI is InChI=1S/C16H15O/c1-11-5-4-8-15(16(11)17)14-10-9-12-6-2-3-7-13(12)14/h2-7,14,17H,9-10H2,1H3. The third-order valence-electron chi connectivity index (χ3n) is 3.68. The predicted molar refractivity (Wildman–Crippen MR) is 68.3 cm³/mol. The number of fused-ring (bicyclic) bond motifs is 1. The highest BCUT2D eigenvalue weighted by Gasteiger charge is 2.25. The Hall–Kier alpha value is -1.76. The monoisotopic (exact) mass is 223 g/mol. The first-order valence-electron chi connectivity index (χ1n) is 6.05. The fourth-order valence-electron chi connectivity index (χ4n) is 2.74. The molecule has 0 spiro atoms. The molecule has 0 fully saturated rings. The Bertz CT molecular complexity index is 557. The molecule has 1 radical (unpaired) electrons. The van der Waals surface area contributed by atoms with Crippen molar-refractivity contribution in [3.8, 4) is 5.75 Å². The quantitative estimate of drug-likeness (QED) is 0.783. The molecule has 0 saturated carbocycles. The first-order chi connectivity index (χ1) is 8.27. The largest absolute Gasteiger partial charge is 0.507 e. The van der Waals surface area contributed by atoms with E-state index in [9.17, 15) is 5.11 Å². The SMILES string of the molecule is Cc1cc[c]c(C2CCc3ccccc32)c1O. The lowest BCUT2D eigenvalue weighted by atomic mass is 9.91. The lowest BCUT2D eigenvalue weighted by Gasteiger charge is -2.14. The van der Waals surface area contributed by atoms with Gasteiger partial charge in [-0.2, -0.15) is 0 Å². The van der Waals surface area contributed by atoms with Crippen LogP contribution in [0.1, 0.15) is 34.6 Å². The average molecular weight is 223 g/mol. The smallest absolute Gasteiger partial charge is 0.122 e. The zero-order valence-electron chi connectivity index (χ0n) is 9.90. The lowest BCUT2D eigenvalue weighted by Crippen LogP contribution is -1.97. The summed E-state index contributed by atoms with van der Waals surface area (Å²) in [6.07, 6.45) is 2.18. The predicted octanol–water partition coefficient (Wildman–Crippen LogP) is 3.58. The van der Waals surface area contributed by atoms with E-state index in [1.165, 1.54) is 11.1 Å². The third-order valence-corrected chi connectivity index (χ3v) is 3.68. The number of benzene rings is 2. The summed E-state index contributed by atoms with van der Waals surface area (Å²) in [6, 6.07) is 15.5. The van der Waals surface area contributed by atoms with Gasteiger partial charge in [-0.1, -0.05) is 36.4 Å². The van der Waals surface area contributed by atoms with Gasteiger partial charge in [0.1, 0.15) is 5.75 Å². The van der Waals surface area contributed by atoms with Crippen LogP contribution in [0, 0.1) is 13.0 Å². The number of aryl methyl sites for hydroxylation is 2. The highest BCUT2D eigenvalue weighted by molar-refractivity contribution is 5.49. The van der Waals surface area contributed by atoms with Crippen LogP contribution in [-0.2, 0) is 6.42 Å². The molecular weight excluding hydrogens is 208 g/mol. The van der Waals surface area contributed by atoms with Crippen LogP contribution in [0.5, 0.6) is 5.75 Å². The number of aromatic hydroxyl groups is 1. The molecule has 0 aromatic heterocycles. The van der Waals surface area contributed by atoms with E-state index in [1.807, 2.05) is 19.1 Å². The van der Waals surface area contributed by atoms with Gasteiger partial charge in [0.15, 0.2) is 0 Å². The Kier molecular flexibility index (Phi) is 2.40. The van der Waals surface area contributed by atoms with Crippen LogP contribution in [0.15, 0.2) is 36.4 Å². The van der Waals surface area contributed by atoms with Crippen molar-refractivity contribution < 1.29 is 5.11 Å². The number of phenols is 1. The summed E-state index contributed by atoms with van der Waals surface area (Å²) in [5, 5.41) is 10.2. The van der Waals surface area contributed by atoms with E-state index in [-0.39, 0.29) is 0 Å². The van der Waals surface area contributed by atoms with E-state index in [2.05, 4.69) is 30.3 Å². The normalized spacial score (nSPS) is 18.1. The average Bonchev–Trinajstić information content (AvgIpc) is 2.77. The Morgan fingerprint density at radius 2 is 2.06 bits per heavy atom. The number of hydrogen-bond acceptors (Lipinski definition) is 1. The fourth-order valence-corrected chi connectivity index (χ4v) is 2.74. The Morgan fingerprint density at radius 1 is 1.24 bits per heavy atom. The van der Waals surface area contributed by atoms with E-state index in [0.717, 1.165) is 24.0 Å². The van der Waals surface area contributed by atoms with Crippen LogP contribution in [-0.4, -0.2) is 5.11 Å². The molecule has 0 amide bonds. The van der Waals surface area contributed by atoms with Crippen molar-refractivity contribution in [3.05, 3.63) is 64.7 Å². The van der Waals surface area contributed by atoms with Crippen molar-refractivity contribution >= 4 is 0 Å². The second-order valence-electron chi connectivity index (χ2n) is 4.71. The molecule has 1 atom stereocenters. The van der Waals surface area contributed by atoms with Crippen LogP contribution in [0.25, 0.3) is 0 Å². The van der Waals surface area contributed by atoms with Gasteiger partial charge >= 0.3 is 0 Å². The summed E-state index contributed by atoms with van der Waals surface area (Å²) < 4.78 is 0. The number of hydrogen-bond donors (Lipinski definition) is 1.